The third-order valence-electron chi connectivity index (χ3n) is 1.81. The van der Waals surface area contributed by atoms with Crippen molar-refractivity contribution in [1.82, 2.24) is 4.98 Å². The Labute approximate surface area is 83.5 Å². The molecule has 0 atom stereocenters. The minimum atomic E-state index is -3.03. The zero-order valence-corrected chi connectivity index (χ0v) is 7.78. The number of alkyl halides is 2. The lowest BCUT2D eigenvalue weighted by molar-refractivity contribution is -0.391. The average molecular weight is 218 g/mol. The Bertz CT molecular complexity index is 396. The summed E-state index contributed by atoms with van der Waals surface area (Å²) in [4.78, 5) is 12.9. The van der Waals surface area contributed by atoms with Crippen molar-refractivity contribution < 1.29 is 18.8 Å². The van der Waals surface area contributed by atoms with Gasteiger partial charge in [-0.2, -0.15) is 0 Å². The van der Waals surface area contributed by atoms with Crippen molar-refractivity contribution in [2.75, 3.05) is 0 Å². The minimum absolute atomic E-state index is 0.163. The molecule has 0 saturated carbocycles. The zero-order valence-electron chi connectivity index (χ0n) is 7.78. The topological polar surface area (TPSA) is 76.3 Å². The van der Waals surface area contributed by atoms with Crippen LogP contribution in [0.4, 0.5) is 14.6 Å². The van der Waals surface area contributed by atoms with Crippen molar-refractivity contribution in [2.45, 2.75) is 20.0 Å². The van der Waals surface area contributed by atoms with Crippen molar-refractivity contribution in [3.63, 3.8) is 0 Å². The highest BCUT2D eigenvalue weighted by Crippen LogP contribution is 2.31. The van der Waals surface area contributed by atoms with Gasteiger partial charge in [0.2, 0.25) is 0 Å². The van der Waals surface area contributed by atoms with Crippen LogP contribution < -0.4 is 0 Å². The third kappa shape index (κ3) is 2.24. The number of halogens is 2. The van der Waals surface area contributed by atoms with E-state index in [0.717, 1.165) is 0 Å². The maximum atomic E-state index is 12.5. The predicted octanol–water partition coefficient (Wildman–Crippen LogP) is 1.73. The summed E-state index contributed by atoms with van der Waals surface area (Å²) < 4.78 is 25.0. The van der Waals surface area contributed by atoms with Gasteiger partial charge < -0.3 is 15.2 Å². The van der Waals surface area contributed by atoms with Gasteiger partial charge in [0, 0.05) is 6.92 Å². The van der Waals surface area contributed by atoms with Crippen molar-refractivity contribution >= 4 is 5.82 Å². The smallest absolute Gasteiger partial charge is 0.373 e. The van der Waals surface area contributed by atoms with Crippen molar-refractivity contribution in [2.24, 2.45) is 0 Å². The first-order valence-electron chi connectivity index (χ1n) is 4.01. The van der Waals surface area contributed by atoms with Crippen LogP contribution in [0.3, 0.4) is 0 Å². The van der Waals surface area contributed by atoms with Gasteiger partial charge in [-0.3, -0.25) is 0 Å². The van der Waals surface area contributed by atoms with Gasteiger partial charge in [0.25, 0.3) is 6.43 Å². The molecular weight excluding hydrogens is 210 g/mol. The lowest BCUT2D eigenvalue weighted by Gasteiger charge is -2.06. The first kappa shape index (κ1) is 11.4. The van der Waals surface area contributed by atoms with Gasteiger partial charge in [-0.15, -0.1) is 0 Å². The number of aliphatic hydroxyl groups is 1. The van der Waals surface area contributed by atoms with E-state index in [-0.39, 0.29) is 11.3 Å². The van der Waals surface area contributed by atoms with Crippen molar-refractivity contribution in [1.29, 1.82) is 0 Å². The van der Waals surface area contributed by atoms with E-state index in [4.69, 9.17) is 5.11 Å². The number of aromatic nitrogens is 1. The zero-order chi connectivity index (χ0) is 11.6. The van der Waals surface area contributed by atoms with Gasteiger partial charge in [0.1, 0.15) is 11.3 Å². The van der Waals surface area contributed by atoms with Gasteiger partial charge in [-0.05, 0) is 21.5 Å². The summed E-state index contributed by atoms with van der Waals surface area (Å²) in [5, 5.41) is 19.3. The van der Waals surface area contributed by atoms with Crippen LogP contribution in [0.2, 0.25) is 0 Å². The second-order valence-electron chi connectivity index (χ2n) is 2.88. The number of aryl methyl sites for hydroxylation is 1. The Kier molecular flexibility index (Phi) is 3.25. The standard InChI is InChI=1S/C8H8F2N2O3/c1-4-2-5(3-13)6(7(9)10)8(11-4)12(14)15/h2,7,13H,3H2,1H3. The Morgan fingerprint density at radius 2 is 2.27 bits per heavy atom. The van der Waals surface area contributed by atoms with Crippen LogP contribution in [-0.4, -0.2) is 15.0 Å². The Morgan fingerprint density at radius 1 is 1.67 bits per heavy atom. The minimum Gasteiger partial charge on any atom is -0.392 e. The molecule has 5 nitrogen and oxygen atoms in total. The quantitative estimate of drug-likeness (QED) is 0.619. The number of nitrogens with zero attached hydrogens (tertiary/aromatic N) is 2. The fourth-order valence-corrected chi connectivity index (χ4v) is 1.24. The first-order chi connectivity index (χ1) is 6.97. The summed E-state index contributed by atoms with van der Waals surface area (Å²) in [5.41, 5.74) is -0.757. The van der Waals surface area contributed by atoms with E-state index in [1.54, 1.807) is 0 Å². The van der Waals surface area contributed by atoms with Crippen molar-refractivity contribution in [3.8, 4) is 0 Å². The summed E-state index contributed by atoms with van der Waals surface area (Å²) in [6.07, 6.45) is -3.03. The molecule has 0 aromatic carbocycles. The molecule has 82 valence electrons. The highest BCUT2D eigenvalue weighted by Gasteiger charge is 2.27. The lowest BCUT2D eigenvalue weighted by atomic mass is 10.1. The van der Waals surface area contributed by atoms with Crippen LogP contribution in [-0.2, 0) is 6.61 Å². The summed E-state index contributed by atoms with van der Waals surface area (Å²) in [5.74, 6) is -0.894. The number of rotatable bonds is 3. The molecule has 1 heterocycles. The summed E-state index contributed by atoms with van der Waals surface area (Å²) in [7, 11) is 0. The number of nitro groups is 1. The van der Waals surface area contributed by atoms with E-state index in [9.17, 15) is 18.9 Å². The molecule has 0 saturated heterocycles. The molecule has 1 aromatic rings. The highest BCUT2D eigenvalue weighted by atomic mass is 19.3. The van der Waals surface area contributed by atoms with Crippen LogP contribution >= 0.6 is 0 Å². The third-order valence-corrected chi connectivity index (χ3v) is 1.81. The van der Waals surface area contributed by atoms with E-state index in [0.29, 0.717) is 0 Å². The van der Waals surface area contributed by atoms with E-state index in [1.165, 1.54) is 13.0 Å². The lowest BCUT2D eigenvalue weighted by Crippen LogP contribution is -2.05. The predicted molar refractivity (Wildman–Crippen MR) is 46.5 cm³/mol. The highest BCUT2D eigenvalue weighted by molar-refractivity contribution is 5.41. The van der Waals surface area contributed by atoms with Crippen LogP contribution in [0.15, 0.2) is 6.07 Å². The van der Waals surface area contributed by atoms with Crippen LogP contribution in [0.5, 0.6) is 0 Å². The van der Waals surface area contributed by atoms with Crippen LogP contribution in [0, 0.1) is 17.0 Å². The second kappa shape index (κ2) is 4.26. The van der Waals surface area contributed by atoms with Crippen LogP contribution in [0.1, 0.15) is 23.2 Å². The van der Waals surface area contributed by atoms with Gasteiger partial charge in [-0.25, -0.2) is 8.78 Å². The average Bonchev–Trinajstić information content (AvgIpc) is 2.15. The number of hydrogen-bond acceptors (Lipinski definition) is 4. The molecule has 0 radical (unpaired) electrons. The number of pyridine rings is 1. The van der Waals surface area contributed by atoms with Gasteiger partial charge in [0.05, 0.1) is 6.61 Å². The SMILES string of the molecule is Cc1cc(CO)c(C(F)F)c([N+](=O)[O-])n1. The van der Waals surface area contributed by atoms with E-state index in [2.05, 4.69) is 4.98 Å². The van der Waals surface area contributed by atoms with Gasteiger partial charge in [-0.1, -0.05) is 0 Å². The van der Waals surface area contributed by atoms with E-state index in [1.807, 2.05) is 0 Å². The molecule has 1 aromatic heterocycles. The Balaban J connectivity index is 3.47. The molecule has 0 fully saturated rings. The molecule has 15 heavy (non-hydrogen) atoms. The second-order valence-corrected chi connectivity index (χ2v) is 2.88. The molecule has 0 unspecified atom stereocenters. The Morgan fingerprint density at radius 3 is 2.67 bits per heavy atom. The van der Waals surface area contributed by atoms with E-state index >= 15 is 0 Å². The van der Waals surface area contributed by atoms with Crippen LogP contribution in [0.25, 0.3) is 0 Å². The number of hydrogen-bond donors (Lipinski definition) is 1. The molecule has 0 bridgehead atoms. The molecule has 0 spiro atoms. The fourth-order valence-electron chi connectivity index (χ4n) is 1.24. The maximum absolute atomic E-state index is 12.5. The Hall–Kier alpha value is -1.63. The monoisotopic (exact) mass is 218 g/mol. The van der Waals surface area contributed by atoms with E-state index < -0.39 is 29.3 Å². The van der Waals surface area contributed by atoms with Gasteiger partial charge in [0.15, 0.2) is 0 Å². The number of aliphatic hydroxyl groups excluding tert-OH is 1. The molecule has 0 aliphatic rings. The fraction of sp³-hybridized carbons (Fsp3) is 0.375. The molecule has 1 N–H and O–H groups in total. The molecule has 1 rings (SSSR count). The van der Waals surface area contributed by atoms with Crippen molar-refractivity contribution in [3.05, 3.63) is 33.0 Å². The van der Waals surface area contributed by atoms with Gasteiger partial charge >= 0.3 is 5.82 Å². The summed E-state index contributed by atoms with van der Waals surface area (Å²) in [6, 6.07) is 1.20. The first-order valence-corrected chi connectivity index (χ1v) is 4.01. The molecule has 7 heteroatoms. The normalized spacial score (nSPS) is 10.7. The molecule has 0 aliphatic heterocycles. The maximum Gasteiger partial charge on any atom is 0.373 e. The largest absolute Gasteiger partial charge is 0.392 e. The summed E-state index contributed by atoms with van der Waals surface area (Å²) >= 11 is 0. The summed E-state index contributed by atoms with van der Waals surface area (Å²) in [6.45, 7) is 0.755. The molecule has 0 aliphatic carbocycles. The molecule has 0 amide bonds. The molecular formula is C8H8F2N2O3.